The van der Waals surface area contributed by atoms with Gasteiger partial charge < -0.3 is 14.6 Å². The molecule has 0 bridgehead atoms. The van der Waals surface area contributed by atoms with Crippen molar-refractivity contribution in [3.05, 3.63) is 48.5 Å². The van der Waals surface area contributed by atoms with E-state index in [9.17, 15) is 5.11 Å². The van der Waals surface area contributed by atoms with Crippen LogP contribution in [0.25, 0.3) is 20.8 Å². The number of methoxy groups -OCH3 is 1. The molecule has 0 saturated carbocycles. The molecule has 3 aromatic rings. The van der Waals surface area contributed by atoms with Crippen LogP contribution in [0.5, 0.6) is 5.75 Å². The normalized spacial score (nSPS) is 12.5. The van der Waals surface area contributed by atoms with Gasteiger partial charge in [-0.3, -0.25) is 0 Å². The molecule has 3 rings (SSSR count). The van der Waals surface area contributed by atoms with E-state index in [1.807, 2.05) is 42.5 Å². The average Bonchev–Trinajstić information content (AvgIpc) is 2.97. The third-order valence-electron chi connectivity index (χ3n) is 3.20. The maximum Gasteiger partial charge on any atom is 0.129 e. The van der Waals surface area contributed by atoms with Crippen molar-refractivity contribution in [3.8, 4) is 16.3 Å². The van der Waals surface area contributed by atoms with Crippen molar-refractivity contribution in [2.45, 2.75) is 6.10 Å². The zero-order valence-electron chi connectivity index (χ0n) is 12.2. The van der Waals surface area contributed by atoms with E-state index in [2.05, 4.69) is 11.1 Å². The van der Waals surface area contributed by atoms with Gasteiger partial charge in [-0.05, 0) is 24.3 Å². The summed E-state index contributed by atoms with van der Waals surface area (Å²) in [5.41, 5.74) is 1.92. The fourth-order valence-electron chi connectivity index (χ4n) is 2.18. The van der Waals surface area contributed by atoms with Crippen LogP contribution in [0, 0.1) is 0 Å². The first-order valence-electron chi connectivity index (χ1n) is 7.02. The Morgan fingerprint density at radius 3 is 2.68 bits per heavy atom. The van der Waals surface area contributed by atoms with Crippen molar-refractivity contribution >= 4 is 21.6 Å². The van der Waals surface area contributed by atoms with Crippen LogP contribution in [0.3, 0.4) is 0 Å². The van der Waals surface area contributed by atoms with E-state index in [0.717, 1.165) is 26.5 Å². The number of para-hydroxylation sites is 2. The number of fused-ring (bicyclic) bond motifs is 1. The summed E-state index contributed by atoms with van der Waals surface area (Å²) in [6.45, 7) is 0.444. The van der Waals surface area contributed by atoms with Gasteiger partial charge >= 0.3 is 0 Å². The summed E-state index contributed by atoms with van der Waals surface area (Å²) >= 11 is 1.63. The lowest BCUT2D eigenvalue weighted by molar-refractivity contribution is 0.0327. The molecule has 0 unspecified atom stereocenters. The van der Waals surface area contributed by atoms with Crippen LogP contribution >= 0.6 is 11.3 Å². The summed E-state index contributed by atoms with van der Waals surface area (Å²) in [6.07, 6.45) is -0.645. The molecule has 0 aliphatic rings. The summed E-state index contributed by atoms with van der Waals surface area (Å²) in [5.74, 6) is 0.719. The van der Waals surface area contributed by atoms with Crippen molar-refractivity contribution in [3.63, 3.8) is 0 Å². The van der Waals surface area contributed by atoms with Crippen molar-refractivity contribution in [2.75, 3.05) is 20.3 Å². The Bertz CT molecular complexity index is 723. The van der Waals surface area contributed by atoms with Gasteiger partial charge in [-0.2, -0.15) is 0 Å². The zero-order chi connectivity index (χ0) is 15.4. The summed E-state index contributed by atoms with van der Waals surface area (Å²) in [5, 5.41) is 10.6. The van der Waals surface area contributed by atoms with E-state index in [1.54, 1.807) is 18.4 Å². The largest absolute Gasteiger partial charge is 0.490 e. The number of benzene rings is 2. The van der Waals surface area contributed by atoms with Gasteiger partial charge in [0.2, 0.25) is 0 Å². The summed E-state index contributed by atoms with van der Waals surface area (Å²) < 4.78 is 11.8. The van der Waals surface area contributed by atoms with Gasteiger partial charge in [0.05, 0.1) is 22.4 Å². The molecule has 0 aliphatic carbocycles. The Morgan fingerprint density at radius 1 is 1.09 bits per heavy atom. The summed E-state index contributed by atoms with van der Waals surface area (Å²) in [6, 6.07) is 15.8. The minimum absolute atomic E-state index is 0.190. The van der Waals surface area contributed by atoms with Gasteiger partial charge in [0.1, 0.15) is 23.5 Å². The van der Waals surface area contributed by atoms with Crippen LogP contribution < -0.4 is 4.74 Å². The Kier molecular flexibility index (Phi) is 4.68. The molecule has 0 saturated heterocycles. The van der Waals surface area contributed by atoms with E-state index in [1.165, 1.54) is 0 Å². The van der Waals surface area contributed by atoms with Gasteiger partial charge in [-0.15, -0.1) is 11.3 Å². The molecule has 0 amide bonds. The number of ether oxygens (including phenoxy) is 2. The fraction of sp³-hybridized carbons (Fsp3) is 0.235. The number of hydrogen-bond donors (Lipinski definition) is 1. The molecule has 22 heavy (non-hydrogen) atoms. The smallest absolute Gasteiger partial charge is 0.129 e. The maximum absolute atomic E-state index is 9.72. The molecule has 1 aromatic heterocycles. The van der Waals surface area contributed by atoms with E-state index in [-0.39, 0.29) is 13.2 Å². The number of aliphatic hydroxyl groups excluding tert-OH is 1. The molecule has 0 aliphatic heterocycles. The Labute approximate surface area is 133 Å². The lowest BCUT2D eigenvalue weighted by Crippen LogP contribution is -2.22. The van der Waals surface area contributed by atoms with E-state index < -0.39 is 6.10 Å². The number of nitrogens with zero attached hydrogens (tertiary/aromatic N) is 1. The molecule has 1 heterocycles. The highest BCUT2D eigenvalue weighted by atomic mass is 32.1. The first-order valence-corrected chi connectivity index (χ1v) is 7.84. The lowest BCUT2D eigenvalue weighted by atomic mass is 10.2. The molecule has 0 radical (unpaired) electrons. The standard InChI is InChI=1S/C17H17NO3S/c1-20-10-12(19)11-21-15-8-4-2-6-13(15)17-18-14-7-3-5-9-16(14)22-17/h2-9,12,19H,10-11H2,1H3/t12-/m0/s1. The van der Waals surface area contributed by atoms with Gasteiger partial charge in [0, 0.05) is 7.11 Å². The van der Waals surface area contributed by atoms with Crippen molar-refractivity contribution in [1.82, 2.24) is 4.98 Å². The molecule has 1 atom stereocenters. The predicted octanol–water partition coefficient (Wildman–Crippen LogP) is 3.35. The van der Waals surface area contributed by atoms with E-state index in [0.29, 0.717) is 0 Å². The molecule has 4 nitrogen and oxygen atoms in total. The van der Waals surface area contributed by atoms with Gasteiger partial charge in [0.15, 0.2) is 0 Å². The highest BCUT2D eigenvalue weighted by Crippen LogP contribution is 2.35. The highest BCUT2D eigenvalue weighted by molar-refractivity contribution is 7.21. The van der Waals surface area contributed by atoms with Gasteiger partial charge in [-0.1, -0.05) is 24.3 Å². The van der Waals surface area contributed by atoms with Crippen molar-refractivity contribution < 1.29 is 14.6 Å². The second-order valence-electron chi connectivity index (χ2n) is 4.90. The quantitative estimate of drug-likeness (QED) is 0.758. The van der Waals surface area contributed by atoms with Crippen LogP contribution in [0.2, 0.25) is 0 Å². The van der Waals surface area contributed by atoms with Crippen LogP contribution in [0.4, 0.5) is 0 Å². The number of thiazole rings is 1. The van der Waals surface area contributed by atoms with Crippen LogP contribution in [0.15, 0.2) is 48.5 Å². The molecular formula is C17H17NO3S. The lowest BCUT2D eigenvalue weighted by Gasteiger charge is -2.13. The fourth-order valence-corrected chi connectivity index (χ4v) is 3.18. The average molecular weight is 315 g/mol. The van der Waals surface area contributed by atoms with Crippen LogP contribution in [0.1, 0.15) is 0 Å². The topological polar surface area (TPSA) is 51.6 Å². The molecule has 0 fully saturated rings. The molecule has 5 heteroatoms. The monoisotopic (exact) mass is 315 g/mol. The first-order chi connectivity index (χ1) is 10.8. The molecular weight excluding hydrogens is 298 g/mol. The maximum atomic E-state index is 9.72. The van der Waals surface area contributed by atoms with E-state index >= 15 is 0 Å². The third-order valence-corrected chi connectivity index (χ3v) is 4.27. The predicted molar refractivity (Wildman–Crippen MR) is 88.4 cm³/mol. The molecule has 0 spiro atoms. The number of hydrogen-bond acceptors (Lipinski definition) is 5. The van der Waals surface area contributed by atoms with Gasteiger partial charge in [0.25, 0.3) is 0 Å². The van der Waals surface area contributed by atoms with E-state index in [4.69, 9.17) is 9.47 Å². The molecule has 2 aromatic carbocycles. The minimum Gasteiger partial charge on any atom is -0.490 e. The Hall–Kier alpha value is -1.95. The molecule has 114 valence electrons. The Balaban J connectivity index is 1.87. The van der Waals surface area contributed by atoms with Crippen molar-refractivity contribution in [2.24, 2.45) is 0 Å². The first kappa shape index (κ1) is 15.0. The van der Waals surface area contributed by atoms with Gasteiger partial charge in [-0.25, -0.2) is 4.98 Å². The highest BCUT2D eigenvalue weighted by Gasteiger charge is 2.12. The second-order valence-corrected chi connectivity index (χ2v) is 5.93. The summed E-state index contributed by atoms with van der Waals surface area (Å²) in [4.78, 5) is 4.66. The van der Waals surface area contributed by atoms with Crippen LogP contribution in [-0.2, 0) is 4.74 Å². The Morgan fingerprint density at radius 2 is 1.86 bits per heavy atom. The second kappa shape index (κ2) is 6.87. The third kappa shape index (κ3) is 3.27. The SMILES string of the molecule is COC[C@H](O)COc1ccccc1-c1nc2ccccc2s1. The zero-order valence-corrected chi connectivity index (χ0v) is 13.0. The summed E-state index contributed by atoms with van der Waals surface area (Å²) in [7, 11) is 1.55. The number of aromatic nitrogens is 1. The van der Waals surface area contributed by atoms with Crippen LogP contribution in [-0.4, -0.2) is 36.5 Å². The molecule has 1 N–H and O–H groups in total. The number of rotatable bonds is 6. The van der Waals surface area contributed by atoms with Crippen molar-refractivity contribution in [1.29, 1.82) is 0 Å². The number of aliphatic hydroxyl groups is 1. The minimum atomic E-state index is -0.645.